The van der Waals surface area contributed by atoms with Gasteiger partial charge in [-0.15, -0.1) is 0 Å². The second kappa shape index (κ2) is 6.16. The Bertz CT molecular complexity index is 403. The van der Waals surface area contributed by atoms with Crippen molar-refractivity contribution in [2.24, 2.45) is 0 Å². The predicted molar refractivity (Wildman–Crippen MR) is 68.3 cm³/mol. The molecule has 1 fully saturated rings. The molecule has 1 N–H and O–H groups in total. The molecule has 0 spiro atoms. The van der Waals surface area contributed by atoms with Crippen molar-refractivity contribution in [2.45, 2.75) is 31.9 Å². The summed E-state index contributed by atoms with van der Waals surface area (Å²) in [4.78, 5) is 0. The zero-order chi connectivity index (χ0) is 13.0. The van der Waals surface area contributed by atoms with Gasteiger partial charge in [-0.3, -0.25) is 0 Å². The van der Waals surface area contributed by atoms with Crippen LogP contribution in [0, 0.1) is 5.82 Å². The Labute approximate surface area is 107 Å². The Morgan fingerprint density at radius 2 is 2.17 bits per heavy atom. The van der Waals surface area contributed by atoms with Crippen molar-refractivity contribution >= 4 is 0 Å². The van der Waals surface area contributed by atoms with Gasteiger partial charge in [0.15, 0.2) is 11.6 Å². The molecular weight excluding hydrogens is 233 g/mol. The van der Waals surface area contributed by atoms with Gasteiger partial charge in [0.25, 0.3) is 0 Å². The second-order valence-corrected chi connectivity index (χ2v) is 4.60. The first kappa shape index (κ1) is 13.3. The van der Waals surface area contributed by atoms with E-state index in [1.165, 1.54) is 20.0 Å². The first-order valence-corrected chi connectivity index (χ1v) is 6.35. The van der Waals surface area contributed by atoms with Gasteiger partial charge in [-0.05, 0) is 19.4 Å². The maximum atomic E-state index is 14.2. The quantitative estimate of drug-likeness (QED) is 0.895. The molecule has 0 aromatic heterocycles. The summed E-state index contributed by atoms with van der Waals surface area (Å²) in [5, 5.41) is 3.41. The summed E-state index contributed by atoms with van der Waals surface area (Å²) >= 11 is 0. The molecule has 0 aliphatic carbocycles. The first-order chi connectivity index (χ1) is 8.77. The molecule has 2 rings (SSSR count). The molecule has 4 heteroatoms. The van der Waals surface area contributed by atoms with Crippen LogP contribution in [0.15, 0.2) is 12.1 Å². The van der Waals surface area contributed by atoms with E-state index in [4.69, 9.17) is 9.47 Å². The fourth-order valence-electron chi connectivity index (χ4n) is 2.48. The minimum absolute atomic E-state index is 0.194. The van der Waals surface area contributed by atoms with Crippen LogP contribution in [0.25, 0.3) is 0 Å². The van der Waals surface area contributed by atoms with E-state index in [9.17, 15) is 4.39 Å². The highest BCUT2D eigenvalue weighted by Gasteiger charge is 2.22. The minimum Gasteiger partial charge on any atom is -0.493 e. The Hall–Kier alpha value is -1.13. The van der Waals surface area contributed by atoms with Crippen LogP contribution in [-0.4, -0.2) is 20.8 Å². The molecule has 1 atom stereocenters. The van der Waals surface area contributed by atoms with Gasteiger partial charge in [-0.1, -0.05) is 18.6 Å². The lowest BCUT2D eigenvalue weighted by atomic mass is 9.95. The van der Waals surface area contributed by atoms with E-state index in [1.54, 1.807) is 13.2 Å². The van der Waals surface area contributed by atoms with Crippen molar-refractivity contribution in [3.05, 3.63) is 29.1 Å². The summed E-state index contributed by atoms with van der Waals surface area (Å²) in [5.74, 6) is 0.0492. The molecule has 0 saturated carbocycles. The monoisotopic (exact) mass is 253 g/mol. The van der Waals surface area contributed by atoms with E-state index in [1.807, 2.05) is 6.07 Å². The van der Waals surface area contributed by atoms with Gasteiger partial charge in [-0.25, -0.2) is 4.39 Å². The molecule has 1 unspecified atom stereocenters. The normalized spacial score (nSPS) is 19.8. The third-order valence-electron chi connectivity index (χ3n) is 3.40. The highest BCUT2D eigenvalue weighted by atomic mass is 19.1. The summed E-state index contributed by atoms with van der Waals surface area (Å²) in [5.41, 5.74) is 1.45. The van der Waals surface area contributed by atoms with Crippen LogP contribution < -0.4 is 10.1 Å². The average Bonchev–Trinajstić information content (AvgIpc) is 2.42. The maximum absolute atomic E-state index is 14.2. The fraction of sp³-hybridized carbons (Fsp3) is 0.571. The number of halogens is 1. The van der Waals surface area contributed by atoms with Gasteiger partial charge >= 0.3 is 0 Å². The van der Waals surface area contributed by atoms with E-state index in [0.29, 0.717) is 11.3 Å². The fourth-order valence-corrected chi connectivity index (χ4v) is 2.48. The molecule has 1 saturated heterocycles. The van der Waals surface area contributed by atoms with Crippen molar-refractivity contribution in [1.82, 2.24) is 5.32 Å². The topological polar surface area (TPSA) is 30.5 Å². The average molecular weight is 253 g/mol. The predicted octanol–water partition coefficient (Wildman–Crippen LogP) is 2.80. The molecule has 18 heavy (non-hydrogen) atoms. The Morgan fingerprint density at radius 1 is 1.33 bits per heavy atom. The van der Waals surface area contributed by atoms with Crippen LogP contribution >= 0.6 is 0 Å². The number of methoxy groups -OCH3 is 2. The van der Waals surface area contributed by atoms with Crippen LogP contribution in [0.2, 0.25) is 0 Å². The number of ether oxygens (including phenoxy) is 2. The molecule has 1 aromatic rings. The summed E-state index contributed by atoms with van der Waals surface area (Å²) in [7, 11) is 3.07. The van der Waals surface area contributed by atoms with Crippen LogP contribution in [0.3, 0.4) is 0 Å². The van der Waals surface area contributed by atoms with Crippen molar-refractivity contribution in [3.63, 3.8) is 0 Å². The number of rotatable bonds is 4. The van der Waals surface area contributed by atoms with Crippen LogP contribution in [0.4, 0.5) is 4.39 Å². The van der Waals surface area contributed by atoms with Crippen molar-refractivity contribution < 1.29 is 13.9 Å². The lowest BCUT2D eigenvalue weighted by Gasteiger charge is -2.26. The van der Waals surface area contributed by atoms with Gasteiger partial charge in [0.1, 0.15) is 0 Å². The van der Waals surface area contributed by atoms with Crippen LogP contribution in [-0.2, 0) is 11.3 Å². The molecule has 1 aromatic carbocycles. The smallest absolute Gasteiger partial charge is 0.170 e. The van der Waals surface area contributed by atoms with Gasteiger partial charge < -0.3 is 14.8 Å². The van der Waals surface area contributed by atoms with Crippen molar-refractivity contribution in [3.8, 4) is 5.75 Å². The molecular formula is C14H20FNO2. The molecule has 1 aliphatic heterocycles. The van der Waals surface area contributed by atoms with Gasteiger partial charge in [0, 0.05) is 24.3 Å². The Kier molecular flexibility index (Phi) is 4.55. The summed E-state index contributed by atoms with van der Waals surface area (Å²) in [6, 6.07) is 3.92. The van der Waals surface area contributed by atoms with E-state index in [2.05, 4.69) is 5.32 Å². The number of nitrogens with one attached hydrogen (secondary N) is 1. The largest absolute Gasteiger partial charge is 0.493 e. The molecule has 1 heterocycles. The van der Waals surface area contributed by atoms with E-state index < -0.39 is 0 Å². The zero-order valence-electron chi connectivity index (χ0n) is 11.0. The zero-order valence-corrected chi connectivity index (χ0v) is 11.0. The summed E-state index contributed by atoms with van der Waals surface area (Å²) < 4.78 is 24.5. The highest BCUT2D eigenvalue weighted by molar-refractivity contribution is 5.41. The Balaban J connectivity index is 2.32. The maximum Gasteiger partial charge on any atom is 0.170 e. The van der Waals surface area contributed by atoms with Gasteiger partial charge in [0.2, 0.25) is 0 Å². The summed E-state index contributed by atoms with van der Waals surface area (Å²) in [6.45, 7) is 1.25. The van der Waals surface area contributed by atoms with E-state index >= 15 is 0 Å². The number of benzene rings is 1. The first-order valence-electron chi connectivity index (χ1n) is 6.35. The standard InChI is InChI=1S/C14H20FNO2/c1-17-9-10-6-7-11(14(18-2)13(10)15)12-5-3-4-8-16-12/h6-7,12,16H,3-5,8-9H2,1-2H3. The van der Waals surface area contributed by atoms with Gasteiger partial charge in [-0.2, -0.15) is 0 Å². The van der Waals surface area contributed by atoms with Crippen molar-refractivity contribution in [2.75, 3.05) is 20.8 Å². The second-order valence-electron chi connectivity index (χ2n) is 4.60. The van der Waals surface area contributed by atoms with Crippen LogP contribution in [0.1, 0.15) is 36.4 Å². The summed E-state index contributed by atoms with van der Waals surface area (Å²) in [6.07, 6.45) is 3.38. The molecule has 1 aliphatic rings. The molecule has 0 amide bonds. The SMILES string of the molecule is COCc1ccc(C2CCCCN2)c(OC)c1F. The molecule has 100 valence electrons. The van der Waals surface area contributed by atoms with Crippen molar-refractivity contribution in [1.29, 1.82) is 0 Å². The van der Waals surface area contributed by atoms with Crippen LogP contribution in [0.5, 0.6) is 5.75 Å². The lowest BCUT2D eigenvalue weighted by Crippen LogP contribution is -2.27. The molecule has 0 radical (unpaired) electrons. The lowest BCUT2D eigenvalue weighted by molar-refractivity contribution is 0.180. The number of hydrogen-bond acceptors (Lipinski definition) is 3. The third-order valence-corrected chi connectivity index (χ3v) is 3.40. The third kappa shape index (κ3) is 2.65. The highest BCUT2D eigenvalue weighted by Crippen LogP contribution is 2.34. The van der Waals surface area contributed by atoms with E-state index in [-0.39, 0.29) is 18.5 Å². The van der Waals surface area contributed by atoms with E-state index in [0.717, 1.165) is 18.5 Å². The van der Waals surface area contributed by atoms with Gasteiger partial charge in [0.05, 0.1) is 13.7 Å². The number of piperidine rings is 1. The Morgan fingerprint density at radius 3 is 2.78 bits per heavy atom. The number of hydrogen-bond donors (Lipinski definition) is 1. The molecule has 0 bridgehead atoms. The minimum atomic E-state index is -0.302. The molecule has 3 nitrogen and oxygen atoms in total.